The van der Waals surface area contributed by atoms with E-state index in [1.54, 1.807) is 11.1 Å². The van der Waals surface area contributed by atoms with Gasteiger partial charge in [-0.2, -0.15) is 0 Å². The van der Waals surface area contributed by atoms with E-state index >= 15 is 0 Å². The number of imidazole rings is 1. The predicted octanol–water partition coefficient (Wildman–Crippen LogP) is 2.18. The molecule has 108 valence electrons. The topological polar surface area (TPSA) is 50.2 Å². The van der Waals surface area contributed by atoms with Crippen molar-refractivity contribution in [3.63, 3.8) is 0 Å². The minimum absolute atomic E-state index is 0.0146. The summed E-state index contributed by atoms with van der Waals surface area (Å²) in [7, 11) is 3.83. The Kier molecular flexibility index (Phi) is 6.39. The summed E-state index contributed by atoms with van der Waals surface area (Å²) in [4.78, 5) is 17.9. The van der Waals surface area contributed by atoms with Crippen LogP contribution in [0.25, 0.3) is 0 Å². The van der Waals surface area contributed by atoms with Crippen molar-refractivity contribution in [2.24, 2.45) is 7.05 Å². The highest BCUT2D eigenvalue weighted by molar-refractivity contribution is 5.74. The summed E-state index contributed by atoms with van der Waals surface area (Å²) >= 11 is 0. The molecule has 5 heteroatoms. The molecule has 0 radical (unpaired) electrons. The zero-order valence-electron chi connectivity index (χ0n) is 12.5. The van der Waals surface area contributed by atoms with Crippen molar-refractivity contribution in [3.8, 4) is 0 Å². The van der Waals surface area contributed by atoms with E-state index in [2.05, 4.69) is 17.2 Å². The van der Waals surface area contributed by atoms with Gasteiger partial charge in [0.1, 0.15) is 5.82 Å². The maximum atomic E-state index is 11.9. The molecule has 0 unspecified atom stereocenters. The molecular weight excluding hydrogens is 240 g/mol. The molecule has 1 heterocycles. The van der Waals surface area contributed by atoms with Crippen molar-refractivity contribution in [3.05, 3.63) is 18.2 Å². The third-order valence-electron chi connectivity index (χ3n) is 3.25. The number of hydrogen-bond donors (Lipinski definition) is 1. The predicted molar refractivity (Wildman–Crippen MR) is 77.1 cm³/mol. The van der Waals surface area contributed by atoms with E-state index in [9.17, 15) is 4.79 Å². The van der Waals surface area contributed by atoms with Gasteiger partial charge in [-0.3, -0.25) is 0 Å². The van der Waals surface area contributed by atoms with Crippen LogP contribution in [0.3, 0.4) is 0 Å². The second-order valence-electron chi connectivity index (χ2n) is 5.12. The van der Waals surface area contributed by atoms with Gasteiger partial charge < -0.3 is 14.8 Å². The largest absolute Gasteiger partial charge is 0.338 e. The quantitative estimate of drug-likeness (QED) is 0.822. The zero-order chi connectivity index (χ0) is 14.3. The molecule has 1 rings (SSSR count). The van der Waals surface area contributed by atoms with Crippen molar-refractivity contribution in [1.82, 2.24) is 19.8 Å². The molecule has 0 fully saturated rings. The number of aryl methyl sites for hydroxylation is 2. The summed E-state index contributed by atoms with van der Waals surface area (Å²) in [6, 6.07) is 0.260. The molecule has 0 saturated carbocycles. The van der Waals surface area contributed by atoms with Gasteiger partial charge in [0.05, 0.1) is 0 Å². The minimum Gasteiger partial charge on any atom is -0.338 e. The Morgan fingerprint density at radius 1 is 1.58 bits per heavy atom. The maximum absolute atomic E-state index is 11.9. The molecule has 0 spiro atoms. The minimum atomic E-state index is 0.0146. The van der Waals surface area contributed by atoms with Gasteiger partial charge in [0.25, 0.3) is 0 Å². The van der Waals surface area contributed by atoms with Crippen LogP contribution >= 0.6 is 0 Å². The third kappa shape index (κ3) is 5.32. The SMILES string of the molecule is CCC[C@H](C)NC(=O)N(C)CCCc1nccn1C. The Hall–Kier alpha value is -1.52. The second-order valence-corrected chi connectivity index (χ2v) is 5.12. The molecule has 0 aliphatic carbocycles. The molecule has 19 heavy (non-hydrogen) atoms. The first-order valence-electron chi connectivity index (χ1n) is 7.02. The van der Waals surface area contributed by atoms with Crippen LogP contribution in [0.5, 0.6) is 0 Å². The molecule has 0 aliphatic rings. The fourth-order valence-corrected chi connectivity index (χ4v) is 2.04. The number of nitrogens with one attached hydrogen (secondary N) is 1. The highest BCUT2D eigenvalue weighted by atomic mass is 16.2. The van der Waals surface area contributed by atoms with Gasteiger partial charge in [0, 0.05) is 45.5 Å². The van der Waals surface area contributed by atoms with Gasteiger partial charge in [-0.1, -0.05) is 13.3 Å². The van der Waals surface area contributed by atoms with E-state index in [0.29, 0.717) is 0 Å². The maximum Gasteiger partial charge on any atom is 0.317 e. The summed E-state index contributed by atoms with van der Waals surface area (Å²) in [5.74, 6) is 1.06. The number of carbonyl (C=O) groups excluding carboxylic acids is 1. The smallest absolute Gasteiger partial charge is 0.317 e. The molecule has 0 aliphatic heterocycles. The van der Waals surface area contributed by atoms with Gasteiger partial charge in [0.2, 0.25) is 0 Å². The molecule has 5 nitrogen and oxygen atoms in total. The normalized spacial score (nSPS) is 12.2. The highest BCUT2D eigenvalue weighted by Crippen LogP contribution is 2.01. The van der Waals surface area contributed by atoms with Gasteiger partial charge in [0.15, 0.2) is 0 Å². The summed E-state index contributed by atoms with van der Waals surface area (Å²) in [5.41, 5.74) is 0. The van der Waals surface area contributed by atoms with Gasteiger partial charge >= 0.3 is 6.03 Å². The lowest BCUT2D eigenvalue weighted by Crippen LogP contribution is -2.42. The van der Waals surface area contributed by atoms with Crippen LogP contribution < -0.4 is 5.32 Å². The number of urea groups is 1. The first-order chi connectivity index (χ1) is 9.04. The number of carbonyl (C=O) groups is 1. The van der Waals surface area contributed by atoms with E-state index in [1.807, 2.05) is 31.8 Å². The Morgan fingerprint density at radius 2 is 2.32 bits per heavy atom. The van der Waals surface area contributed by atoms with Crippen molar-refractivity contribution in [2.45, 2.75) is 45.6 Å². The van der Waals surface area contributed by atoms with Crippen LogP contribution in [-0.4, -0.2) is 40.1 Å². The van der Waals surface area contributed by atoms with E-state index < -0.39 is 0 Å². The van der Waals surface area contributed by atoms with Crippen molar-refractivity contribution < 1.29 is 4.79 Å². The third-order valence-corrected chi connectivity index (χ3v) is 3.25. The molecule has 1 aromatic rings. The lowest BCUT2D eigenvalue weighted by molar-refractivity contribution is 0.204. The van der Waals surface area contributed by atoms with Crippen LogP contribution in [0.15, 0.2) is 12.4 Å². The van der Waals surface area contributed by atoms with Crippen molar-refractivity contribution >= 4 is 6.03 Å². The molecular formula is C14H26N4O. The van der Waals surface area contributed by atoms with Crippen molar-refractivity contribution in [2.75, 3.05) is 13.6 Å². The fraction of sp³-hybridized carbons (Fsp3) is 0.714. The van der Waals surface area contributed by atoms with Crippen LogP contribution in [0.1, 0.15) is 38.9 Å². The van der Waals surface area contributed by atoms with E-state index in [4.69, 9.17) is 0 Å². The Labute approximate surface area is 116 Å². The number of rotatable bonds is 7. The van der Waals surface area contributed by atoms with Crippen molar-refractivity contribution in [1.29, 1.82) is 0 Å². The average molecular weight is 266 g/mol. The lowest BCUT2D eigenvalue weighted by Gasteiger charge is -2.21. The van der Waals surface area contributed by atoms with Crippen LogP contribution in [-0.2, 0) is 13.5 Å². The highest BCUT2D eigenvalue weighted by Gasteiger charge is 2.11. The van der Waals surface area contributed by atoms with Crippen LogP contribution in [0.4, 0.5) is 4.79 Å². The van der Waals surface area contributed by atoms with E-state index in [1.165, 1.54) is 0 Å². The van der Waals surface area contributed by atoms with E-state index in [0.717, 1.165) is 38.1 Å². The molecule has 2 amide bonds. The first kappa shape index (κ1) is 15.5. The van der Waals surface area contributed by atoms with Gasteiger partial charge in [-0.15, -0.1) is 0 Å². The lowest BCUT2D eigenvalue weighted by atomic mass is 10.2. The monoisotopic (exact) mass is 266 g/mol. The summed E-state index contributed by atoms with van der Waals surface area (Å²) in [6.07, 6.45) is 7.68. The second kappa shape index (κ2) is 7.81. The standard InChI is InChI=1S/C14H26N4O/c1-5-7-12(2)16-14(19)18(4)10-6-8-13-15-9-11-17(13)3/h9,11-12H,5-8,10H2,1-4H3,(H,16,19)/t12-/m0/s1. The summed E-state index contributed by atoms with van der Waals surface area (Å²) < 4.78 is 2.02. The Bertz CT molecular complexity index is 389. The number of hydrogen-bond acceptors (Lipinski definition) is 2. The summed E-state index contributed by atoms with van der Waals surface area (Å²) in [5, 5.41) is 3.00. The van der Waals surface area contributed by atoms with Gasteiger partial charge in [-0.05, 0) is 19.8 Å². The first-order valence-corrected chi connectivity index (χ1v) is 7.02. The number of aromatic nitrogens is 2. The molecule has 1 N–H and O–H groups in total. The fourth-order valence-electron chi connectivity index (χ4n) is 2.04. The molecule has 0 bridgehead atoms. The average Bonchev–Trinajstić information content (AvgIpc) is 2.75. The Balaban J connectivity index is 2.25. The Morgan fingerprint density at radius 3 is 2.89 bits per heavy atom. The number of nitrogens with zero attached hydrogens (tertiary/aromatic N) is 3. The molecule has 1 atom stereocenters. The molecule has 1 aromatic heterocycles. The van der Waals surface area contributed by atoms with Gasteiger partial charge in [-0.25, -0.2) is 9.78 Å². The van der Waals surface area contributed by atoms with Crippen LogP contribution in [0.2, 0.25) is 0 Å². The number of amides is 2. The summed E-state index contributed by atoms with van der Waals surface area (Å²) in [6.45, 7) is 4.92. The molecule has 0 saturated heterocycles. The van der Waals surface area contributed by atoms with E-state index in [-0.39, 0.29) is 12.1 Å². The molecule has 0 aromatic carbocycles. The zero-order valence-corrected chi connectivity index (χ0v) is 12.5. The van der Waals surface area contributed by atoms with Crippen LogP contribution in [0, 0.1) is 0 Å².